The maximum absolute atomic E-state index is 12.2. The number of carbonyl (C=O) groups is 1. The molecule has 2 rings (SSSR count). The van der Waals surface area contributed by atoms with Crippen molar-refractivity contribution in [1.82, 2.24) is 10.6 Å². The van der Waals surface area contributed by atoms with E-state index in [1.165, 1.54) is 32.1 Å². The smallest absolute Gasteiger partial charge is 0.223 e. The minimum absolute atomic E-state index is 0. The first kappa shape index (κ1) is 16.8. The second-order valence-corrected chi connectivity index (χ2v) is 6.17. The molecule has 2 fully saturated rings. The van der Waals surface area contributed by atoms with Crippen LogP contribution in [0.15, 0.2) is 0 Å². The molecule has 0 aromatic rings. The number of rotatable bonds is 4. The van der Waals surface area contributed by atoms with Crippen LogP contribution in [0.4, 0.5) is 0 Å². The minimum atomic E-state index is 0. The molecule has 2 aliphatic rings. The topological polar surface area (TPSA) is 41.1 Å². The highest BCUT2D eigenvalue weighted by Gasteiger charge is 2.23. The second kappa shape index (κ2) is 8.80. The average molecular weight is 289 g/mol. The lowest BCUT2D eigenvalue weighted by Gasteiger charge is -2.27. The van der Waals surface area contributed by atoms with Crippen LogP contribution in [0.2, 0.25) is 0 Å². The number of piperidine rings is 1. The largest absolute Gasteiger partial charge is 0.353 e. The van der Waals surface area contributed by atoms with Crippen molar-refractivity contribution in [2.45, 2.75) is 64.3 Å². The first-order valence-electron chi connectivity index (χ1n) is 7.77. The summed E-state index contributed by atoms with van der Waals surface area (Å²) >= 11 is 0. The number of hydrogen-bond acceptors (Lipinski definition) is 2. The van der Waals surface area contributed by atoms with Gasteiger partial charge in [-0.05, 0) is 38.3 Å². The van der Waals surface area contributed by atoms with Gasteiger partial charge in [0.2, 0.25) is 5.91 Å². The summed E-state index contributed by atoms with van der Waals surface area (Å²) < 4.78 is 0. The molecule has 1 heterocycles. The molecule has 1 amide bonds. The Balaban J connectivity index is 0.00000180. The summed E-state index contributed by atoms with van der Waals surface area (Å²) in [7, 11) is 0. The molecule has 3 nitrogen and oxygen atoms in total. The SMILES string of the molecule is CC(CC1CCCCC1)C(=O)NC1CCNCC1.Cl. The quantitative estimate of drug-likeness (QED) is 0.835. The first-order chi connectivity index (χ1) is 8.75. The zero-order valence-corrected chi connectivity index (χ0v) is 12.9. The Morgan fingerprint density at radius 2 is 1.79 bits per heavy atom. The zero-order chi connectivity index (χ0) is 12.8. The van der Waals surface area contributed by atoms with Crippen molar-refractivity contribution in [2.75, 3.05) is 13.1 Å². The molecule has 1 aliphatic carbocycles. The predicted molar refractivity (Wildman–Crippen MR) is 81.6 cm³/mol. The van der Waals surface area contributed by atoms with Crippen LogP contribution < -0.4 is 10.6 Å². The van der Waals surface area contributed by atoms with E-state index in [9.17, 15) is 4.79 Å². The number of nitrogens with one attached hydrogen (secondary N) is 2. The fourth-order valence-electron chi connectivity index (χ4n) is 3.34. The summed E-state index contributed by atoms with van der Waals surface area (Å²) in [6, 6.07) is 0.410. The first-order valence-corrected chi connectivity index (χ1v) is 7.77. The Kier molecular flexibility index (Phi) is 7.77. The van der Waals surface area contributed by atoms with E-state index in [1.54, 1.807) is 0 Å². The van der Waals surface area contributed by atoms with E-state index >= 15 is 0 Å². The molecule has 2 N–H and O–H groups in total. The highest BCUT2D eigenvalue weighted by Crippen LogP contribution is 2.29. The second-order valence-electron chi connectivity index (χ2n) is 6.17. The van der Waals surface area contributed by atoms with E-state index in [0.717, 1.165) is 38.3 Å². The maximum Gasteiger partial charge on any atom is 0.223 e. The highest BCUT2D eigenvalue weighted by atomic mass is 35.5. The fourth-order valence-corrected chi connectivity index (χ4v) is 3.34. The summed E-state index contributed by atoms with van der Waals surface area (Å²) in [5, 5.41) is 6.56. The summed E-state index contributed by atoms with van der Waals surface area (Å²) in [6.45, 7) is 4.19. The molecule has 0 bridgehead atoms. The minimum Gasteiger partial charge on any atom is -0.353 e. The van der Waals surface area contributed by atoms with Gasteiger partial charge in [-0.25, -0.2) is 0 Å². The van der Waals surface area contributed by atoms with Crippen LogP contribution in [0.1, 0.15) is 58.3 Å². The number of carbonyl (C=O) groups excluding carboxylic acids is 1. The van der Waals surface area contributed by atoms with Crippen molar-refractivity contribution < 1.29 is 4.79 Å². The number of hydrogen-bond donors (Lipinski definition) is 2. The van der Waals surface area contributed by atoms with Gasteiger partial charge in [0, 0.05) is 12.0 Å². The average Bonchev–Trinajstić information content (AvgIpc) is 2.41. The zero-order valence-electron chi connectivity index (χ0n) is 12.1. The third kappa shape index (κ3) is 5.70. The van der Waals surface area contributed by atoms with Crippen LogP contribution in [-0.2, 0) is 4.79 Å². The summed E-state index contributed by atoms with van der Waals surface area (Å²) in [4.78, 5) is 12.2. The van der Waals surface area contributed by atoms with Crippen LogP contribution >= 0.6 is 12.4 Å². The molecule has 1 aliphatic heterocycles. The normalized spacial score (nSPS) is 23.4. The molecular formula is C15H29ClN2O. The Labute approximate surface area is 123 Å². The molecule has 1 unspecified atom stereocenters. The molecular weight excluding hydrogens is 260 g/mol. The Morgan fingerprint density at radius 3 is 2.42 bits per heavy atom. The van der Waals surface area contributed by atoms with Crippen molar-refractivity contribution in [2.24, 2.45) is 11.8 Å². The Bertz CT molecular complexity index is 261. The molecule has 4 heteroatoms. The van der Waals surface area contributed by atoms with E-state index in [2.05, 4.69) is 17.6 Å². The Morgan fingerprint density at radius 1 is 1.16 bits per heavy atom. The van der Waals surface area contributed by atoms with Crippen LogP contribution in [0.5, 0.6) is 0 Å². The van der Waals surface area contributed by atoms with Crippen molar-refractivity contribution in [1.29, 1.82) is 0 Å². The molecule has 1 atom stereocenters. The van der Waals surface area contributed by atoms with Gasteiger partial charge in [-0.2, -0.15) is 0 Å². The Hall–Kier alpha value is -0.280. The standard InChI is InChI=1S/C15H28N2O.ClH/c1-12(11-13-5-3-2-4-6-13)15(18)17-14-7-9-16-10-8-14;/h12-14,16H,2-11H2,1H3,(H,17,18);1H. The fraction of sp³-hybridized carbons (Fsp3) is 0.933. The van der Waals surface area contributed by atoms with Gasteiger partial charge in [-0.3, -0.25) is 4.79 Å². The van der Waals surface area contributed by atoms with Crippen molar-refractivity contribution in [3.63, 3.8) is 0 Å². The number of halogens is 1. The lowest BCUT2D eigenvalue weighted by molar-refractivity contribution is -0.126. The van der Waals surface area contributed by atoms with Crippen LogP contribution in [-0.4, -0.2) is 25.0 Å². The molecule has 0 aromatic carbocycles. The van der Waals surface area contributed by atoms with E-state index in [0.29, 0.717) is 6.04 Å². The molecule has 1 saturated carbocycles. The monoisotopic (exact) mass is 288 g/mol. The van der Waals surface area contributed by atoms with E-state index in [4.69, 9.17) is 0 Å². The molecule has 19 heavy (non-hydrogen) atoms. The van der Waals surface area contributed by atoms with E-state index in [-0.39, 0.29) is 24.2 Å². The van der Waals surface area contributed by atoms with Crippen LogP contribution in [0, 0.1) is 11.8 Å². The van der Waals surface area contributed by atoms with Gasteiger partial charge in [0.1, 0.15) is 0 Å². The van der Waals surface area contributed by atoms with Gasteiger partial charge in [0.05, 0.1) is 0 Å². The molecule has 112 valence electrons. The molecule has 1 saturated heterocycles. The molecule has 0 radical (unpaired) electrons. The van der Waals surface area contributed by atoms with Crippen molar-refractivity contribution in [3.8, 4) is 0 Å². The van der Waals surface area contributed by atoms with Gasteiger partial charge in [-0.1, -0.05) is 39.0 Å². The van der Waals surface area contributed by atoms with Gasteiger partial charge < -0.3 is 10.6 Å². The van der Waals surface area contributed by atoms with Crippen molar-refractivity contribution >= 4 is 18.3 Å². The van der Waals surface area contributed by atoms with Gasteiger partial charge in [0.15, 0.2) is 0 Å². The summed E-state index contributed by atoms with van der Waals surface area (Å²) in [5.41, 5.74) is 0. The van der Waals surface area contributed by atoms with E-state index < -0.39 is 0 Å². The van der Waals surface area contributed by atoms with Crippen LogP contribution in [0.25, 0.3) is 0 Å². The summed E-state index contributed by atoms with van der Waals surface area (Å²) in [6.07, 6.45) is 10.1. The molecule has 0 aromatic heterocycles. The summed E-state index contributed by atoms with van der Waals surface area (Å²) in [5.74, 6) is 1.28. The van der Waals surface area contributed by atoms with Crippen LogP contribution in [0.3, 0.4) is 0 Å². The van der Waals surface area contributed by atoms with Crippen molar-refractivity contribution in [3.05, 3.63) is 0 Å². The third-order valence-electron chi connectivity index (χ3n) is 4.54. The number of amides is 1. The van der Waals surface area contributed by atoms with Gasteiger partial charge in [-0.15, -0.1) is 12.4 Å². The lowest BCUT2D eigenvalue weighted by Crippen LogP contribution is -2.44. The van der Waals surface area contributed by atoms with Gasteiger partial charge in [0.25, 0.3) is 0 Å². The highest BCUT2D eigenvalue weighted by molar-refractivity contribution is 5.85. The van der Waals surface area contributed by atoms with Gasteiger partial charge >= 0.3 is 0 Å². The lowest BCUT2D eigenvalue weighted by atomic mass is 9.83. The van der Waals surface area contributed by atoms with E-state index in [1.807, 2.05) is 0 Å². The molecule has 0 spiro atoms. The maximum atomic E-state index is 12.2. The third-order valence-corrected chi connectivity index (χ3v) is 4.54. The predicted octanol–water partition coefficient (Wildman–Crippen LogP) is 2.88.